The third-order valence-corrected chi connectivity index (χ3v) is 2.68. The molecular weight excluding hydrogens is 228 g/mol. The van der Waals surface area contributed by atoms with Crippen LogP contribution in [0.2, 0.25) is 0 Å². The Morgan fingerprint density at radius 2 is 1.94 bits per heavy atom. The van der Waals surface area contributed by atoms with Gasteiger partial charge in [-0.1, -0.05) is 30.3 Å². The van der Waals surface area contributed by atoms with Gasteiger partial charge in [-0.3, -0.25) is 9.59 Å². The van der Waals surface area contributed by atoms with E-state index in [0.717, 1.165) is 5.56 Å². The van der Waals surface area contributed by atoms with Crippen LogP contribution in [0.15, 0.2) is 53.5 Å². The lowest BCUT2D eigenvalue weighted by atomic mass is 10.1. The summed E-state index contributed by atoms with van der Waals surface area (Å²) in [5, 5.41) is 2.85. The molecule has 0 aliphatic carbocycles. The van der Waals surface area contributed by atoms with E-state index in [-0.39, 0.29) is 17.5 Å². The normalized spacial score (nSPS) is 11.8. The second-order valence-electron chi connectivity index (χ2n) is 4.05. The van der Waals surface area contributed by atoms with Crippen molar-refractivity contribution in [2.24, 2.45) is 0 Å². The number of rotatable bonds is 3. The first-order valence-corrected chi connectivity index (χ1v) is 5.71. The quantitative estimate of drug-likeness (QED) is 0.863. The zero-order valence-electron chi connectivity index (χ0n) is 10.0. The van der Waals surface area contributed by atoms with Gasteiger partial charge < -0.3 is 10.3 Å². The van der Waals surface area contributed by atoms with Gasteiger partial charge in [0.2, 0.25) is 5.56 Å². The number of carbonyl (C=O) groups is 1. The fourth-order valence-electron chi connectivity index (χ4n) is 1.69. The van der Waals surface area contributed by atoms with Crippen LogP contribution in [-0.4, -0.2) is 10.9 Å². The molecule has 4 nitrogen and oxygen atoms in total. The minimum Gasteiger partial charge on any atom is -0.346 e. The van der Waals surface area contributed by atoms with Crippen LogP contribution in [0, 0.1) is 0 Å². The molecule has 0 spiro atoms. The lowest BCUT2D eigenvalue weighted by Gasteiger charge is -2.14. The van der Waals surface area contributed by atoms with Gasteiger partial charge in [0.25, 0.3) is 5.91 Å². The van der Waals surface area contributed by atoms with E-state index in [4.69, 9.17) is 0 Å². The molecule has 1 aromatic carbocycles. The molecule has 0 aliphatic heterocycles. The highest BCUT2D eigenvalue weighted by molar-refractivity contribution is 5.94. The Balaban J connectivity index is 2.11. The highest BCUT2D eigenvalue weighted by Gasteiger charge is 2.11. The van der Waals surface area contributed by atoms with Gasteiger partial charge in [0, 0.05) is 17.8 Å². The first kappa shape index (κ1) is 12.1. The van der Waals surface area contributed by atoms with Crippen molar-refractivity contribution in [3.05, 3.63) is 70.1 Å². The number of H-pyrrole nitrogens is 1. The maximum absolute atomic E-state index is 11.9. The molecule has 2 N–H and O–H groups in total. The van der Waals surface area contributed by atoms with Crippen molar-refractivity contribution < 1.29 is 4.79 Å². The third-order valence-electron chi connectivity index (χ3n) is 2.68. The number of benzene rings is 1. The Labute approximate surface area is 105 Å². The predicted octanol–water partition coefficient (Wildman–Crippen LogP) is 1.87. The summed E-state index contributed by atoms with van der Waals surface area (Å²) in [4.78, 5) is 25.5. The number of aromatic amines is 1. The van der Waals surface area contributed by atoms with E-state index in [2.05, 4.69) is 10.3 Å². The molecule has 2 aromatic rings. The summed E-state index contributed by atoms with van der Waals surface area (Å²) in [5.41, 5.74) is 1.10. The molecule has 0 saturated carbocycles. The Morgan fingerprint density at radius 1 is 1.22 bits per heavy atom. The SMILES string of the molecule is C[C@H](NC(=O)c1cc[nH]c(=O)c1)c1ccccc1. The number of amides is 1. The van der Waals surface area contributed by atoms with Crippen LogP contribution in [0.3, 0.4) is 0 Å². The van der Waals surface area contributed by atoms with E-state index in [1.165, 1.54) is 12.3 Å². The number of carbonyl (C=O) groups excluding carboxylic acids is 1. The molecule has 0 unspecified atom stereocenters. The molecular formula is C14H14N2O2. The summed E-state index contributed by atoms with van der Waals surface area (Å²) in [6, 6.07) is 12.4. The summed E-state index contributed by atoms with van der Waals surface area (Å²) < 4.78 is 0. The lowest BCUT2D eigenvalue weighted by Crippen LogP contribution is -2.27. The van der Waals surface area contributed by atoms with Crippen LogP contribution in [0.1, 0.15) is 28.9 Å². The Hall–Kier alpha value is -2.36. The van der Waals surface area contributed by atoms with Gasteiger partial charge in [-0.05, 0) is 18.6 Å². The van der Waals surface area contributed by atoms with Crippen molar-refractivity contribution >= 4 is 5.91 Å². The summed E-state index contributed by atoms with van der Waals surface area (Å²) in [6.45, 7) is 1.90. The molecule has 0 aliphatic rings. The van der Waals surface area contributed by atoms with Crippen molar-refractivity contribution in [3.63, 3.8) is 0 Å². The third kappa shape index (κ3) is 2.85. The van der Waals surface area contributed by atoms with Crippen molar-refractivity contribution in [3.8, 4) is 0 Å². The minimum absolute atomic E-state index is 0.0991. The summed E-state index contributed by atoms with van der Waals surface area (Å²) >= 11 is 0. The van der Waals surface area contributed by atoms with Gasteiger partial charge in [0.1, 0.15) is 0 Å². The molecule has 18 heavy (non-hydrogen) atoms. The standard InChI is InChI=1S/C14H14N2O2/c1-10(11-5-3-2-4-6-11)16-14(18)12-7-8-15-13(17)9-12/h2-10H,1H3,(H,15,17)(H,16,18)/t10-/m0/s1. The molecule has 4 heteroatoms. The highest BCUT2D eigenvalue weighted by Crippen LogP contribution is 2.11. The van der Waals surface area contributed by atoms with Crippen LogP contribution < -0.4 is 10.9 Å². The van der Waals surface area contributed by atoms with Crippen molar-refractivity contribution in [1.29, 1.82) is 0 Å². The van der Waals surface area contributed by atoms with Gasteiger partial charge in [-0.25, -0.2) is 0 Å². The fourth-order valence-corrected chi connectivity index (χ4v) is 1.69. The summed E-state index contributed by atoms with van der Waals surface area (Å²) in [7, 11) is 0. The number of hydrogen-bond donors (Lipinski definition) is 2. The van der Waals surface area contributed by atoms with Gasteiger partial charge in [-0.2, -0.15) is 0 Å². The zero-order valence-corrected chi connectivity index (χ0v) is 10.0. The van der Waals surface area contributed by atoms with E-state index >= 15 is 0 Å². The van der Waals surface area contributed by atoms with Gasteiger partial charge in [0.15, 0.2) is 0 Å². The van der Waals surface area contributed by atoms with Crippen LogP contribution in [-0.2, 0) is 0 Å². The molecule has 1 amide bonds. The van der Waals surface area contributed by atoms with Crippen LogP contribution in [0.5, 0.6) is 0 Å². The topological polar surface area (TPSA) is 62.0 Å². The first-order chi connectivity index (χ1) is 8.66. The monoisotopic (exact) mass is 242 g/mol. The summed E-state index contributed by atoms with van der Waals surface area (Å²) in [5.74, 6) is -0.252. The molecule has 92 valence electrons. The number of hydrogen-bond acceptors (Lipinski definition) is 2. The van der Waals surface area contributed by atoms with E-state index < -0.39 is 0 Å². The van der Waals surface area contributed by atoms with Gasteiger partial charge >= 0.3 is 0 Å². The van der Waals surface area contributed by atoms with Crippen LogP contribution in [0.4, 0.5) is 0 Å². The second-order valence-corrected chi connectivity index (χ2v) is 4.05. The van der Waals surface area contributed by atoms with E-state index in [9.17, 15) is 9.59 Å². The molecule has 2 rings (SSSR count). The Kier molecular flexibility index (Phi) is 3.57. The maximum Gasteiger partial charge on any atom is 0.252 e. The largest absolute Gasteiger partial charge is 0.346 e. The smallest absolute Gasteiger partial charge is 0.252 e. The van der Waals surface area contributed by atoms with E-state index in [0.29, 0.717) is 5.56 Å². The average Bonchev–Trinajstić information content (AvgIpc) is 2.39. The average molecular weight is 242 g/mol. The Morgan fingerprint density at radius 3 is 2.61 bits per heavy atom. The molecule has 0 saturated heterocycles. The van der Waals surface area contributed by atoms with Crippen molar-refractivity contribution in [2.75, 3.05) is 0 Å². The van der Waals surface area contributed by atoms with Crippen molar-refractivity contribution in [2.45, 2.75) is 13.0 Å². The van der Waals surface area contributed by atoms with E-state index in [1.807, 2.05) is 37.3 Å². The number of aromatic nitrogens is 1. The van der Waals surface area contributed by atoms with Gasteiger partial charge in [-0.15, -0.1) is 0 Å². The highest BCUT2D eigenvalue weighted by atomic mass is 16.2. The minimum atomic E-state index is -0.282. The molecule has 0 bridgehead atoms. The maximum atomic E-state index is 11.9. The van der Waals surface area contributed by atoms with Crippen LogP contribution in [0.25, 0.3) is 0 Å². The number of pyridine rings is 1. The molecule has 0 fully saturated rings. The zero-order chi connectivity index (χ0) is 13.0. The number of nitrogens with one attached hydrogen (secondary N) is 2. The first-order valence-electron chi connectivity index (χ1n) is 5.71. The molecule has 1 atom stereocenters. The van der Waals surface area contributed by atoms with Crippen molar-refractivity contribution in [1.82, 2.24) is 10.3 Å². The second kappa shape index (κ2) is 5.31. The molecule has 1 heterocycles. The fraction of sp³-hybridized carbons (Fsp3) is 0.143. The summed E-state index contributed by atoms with van der Waals surface area (Å²) in [6.07, 6.45) is 1.46. The predicted molar refractivity (Wildman–Crippen MR) is 69.4 cm³/mol. The van der Waals surface area contributed by atoms with Crippen LogP contribution >= 0.6 is 0 Å². The Bertz CT molecular complexity index is 590. The molecule has 0 radical (unpaired) electrons. The molecule has 1 aromatic heterocycles. The van der Waals surface area contributed by atoms with Gasteiger partial charge in [0.05, 0.1) is 6.04 Å². The lowest BCUT2D eigenvalue weighted by molar-refractivity contribution is 0.0939. The van der Waals surface area contributed by atoms with E-state index in [1.54, 1.807) is 6.07 Å².